The Hall–Kier alpha value is -3.10. The highest BCUT2D eigenvalue weighted by atomic mass is 16.5. The molecule has 0 amide bonds. The van der Waals surface area contributed by atoms with Crippen LogP contribution in [0.4, 0.5) is 0 Å². The molecule has 0 saturated carbocycles. The van der Waals surface area contributed by atoms with Gasteiger partial charge in [-0.25, -0.2) is 0 Å². The molecule has 8 nitrogen and oxygen atoms in total. The Kier molecular flexibility index (Phi) is 4.69. The van der Waals surface area contributed by atoms with Gasteiger partial charge in [0, 0.05) is 61.2 Å². The second-order valence-electron chi connectivity index (χ2n) is 8.79. The van der Waals surface area contributed by atoms with Gasteiger partial charge in [0.05, 0.1) is 35.6 Å². The van der Waals surface area contributed by atoms with E-state index in [4.69, 9.17) is 9.47 Å². The Morgan fingerprint density at radius 3 is 1.34 bits per heavy atom. The first-order valence-corrected chi connectivity index (χ1v) is 10.5. The Bertz CT molecular complexity index is 1050. The summed E-state index contributed by atoms with van der Waals surface area (Å²) in [5.74, 6) is -4.69. The molecule has 8 heteroatoms. The second-order valence-corrected chi connectivity index (χ2v) is 8.79. The van der Waals surface area contributed by atoms with Gasteiger partial charge in [0.15, 0.2) is 23.1 Å². The fourth-order valence-electron chi connectivity index (χ4n) is 5.66. The number of Topliss-reactive ketones (excluding diaryl/α,β-unsaturated/α-hetero) is 4. The third-order valence-electron chi connectivity index (χ3n) is 7.19. The van der Waals surface area contributed by atoms with Gasteiger partial charge in [-0.15, -0.1) is 0 Å². The predicted octanol–water partition coefficient (Wildman–Crippen LogP) is 2.63. The SMILES string of the molecule is COC1C=C(O)CC2C(=O)c3cc4c(cc3C(=O)C12)C(=O)C1CC(O)=CC(OC)C1C4=O. The average molecular weight is 438 g/mol. The van der Waals surface area contributed by atoms with E-state index in [2.05, 4.69) is 0 Å². The minimum atomic E-state index is -0.810. The van der Waals surface area contributed by atoms with Crippen molar-refractivity contribution in [1.29, 1.82) is 0 Å². The van der Waals surface area contributed by atoms with Crippen molar-refractivity contribution < 1.29 is 38.9 Å². The fraction of sp³-hybridized carbons (Fsp3) is 0.417. The number of carbonyl (C=O) groups excluding carboxylic acids is 4. The number of aliphatic hydroxyl groups is 2. The topological polar surface area (TPSA) is 127 Å². The molecule has 32 heavy (non-hydrogen) atoms. The van der Waals surface area contributed by atoms with E-state index in [0.717, 1.165) is 0 Å². The predicted molar refractivity (Wildman–Crippen MR) is 110 cm³/mol. The van der Waals surface area contributed by atoms with Crippen LogP contribution in [0, 0.1) is 23.7 Å². The van der Waals surface area contributed by atoms with Crippen LogP contribution in [-0.2, 0) is 9.47 Å². The second kappa shape index (κ2) is 7.21. The average Bonchev–Trinajstić information content (AvgIpc) is 2.78. The lowest BCUT2D eigenvalue weighted by atomic mass is 9.64. The van der Waals surface area contributed by atoms with Crippen LogP contribution < -0.4 is 0 Å². The van der Waals surface area contributed by atoms with Crippen molar-refractivity contribution in [2.45, 2.75) is 25.0 Å². The highest BCUT2D eigenvalue weighted by Crippen LogP contribution is 2.44. The summed E-state index contributed by atoms with van der Waals surface area (Å²) >= 11 is 0. The number of hydrogen-bond acceptors (Lipinski definition) is 8. The summed E-state index contributed by atoms with van der Waals surface area (Å²) in [6.45, 7) is 0. The first-order valence-electron chi connectivity index (χ1n) is 10.5. The molecule has 0 saturated heterocycles. The highest BCUT2D eigenvalue weighted by molar-refractivity contribution is 6.22. The minimum Gasteiger partial charge on any atom is -0.513 e. The van der Waals surface area contributed by atoms with E-state index in [0.29, 0.717) is 0 Å². The van der Waals surface area contributed by atoms with E-state index in [1.165, 1.54) is 38.5 Å². The Morgan fingerprint density at radius 2 is 1.00 bits per heavy atom. The Labute approximate surface area is 183 Å². The summed E-state index contributed by atoms with van der Waals surface area (Å²) in [6.07, 6.45) is 1.35. The van der Waals surface area contributed by atoms with Crippen molar-refractivity contribution >= 4 is 23.1 Å². The van der Waals surface area contributed by atoms with Crippen LogP contribution in [0.2, 0.25) is 0 Å². The van der Waals surface area contributed by atoms with E-state index in [9.17, 15) is 29.4 Å². The molecule has 0 spiro atoms. The summed E-state index contributed by atoms with van der Waals surface area (Å²) in [4.78, 5) is 53.4. The lowest BCUT2D eigenvalue weighted by Gasteiger charge is -2.39. The van der Waals surface area contributed by atoms with Gasteiger partial charge in [0.2, 0.25) is 0 Å². The van der Waals surface area contributed by atoms with Gasteiger partial charge >= 0.3 is 0 Å². The number of benzene rings is 1. The number of ether oxygens (including phenoxy) is 2. The normalized spacial score (nSPS) is 33.6. The van der Waals surface area contributed by atoms with Crippen LogP contribution in [0.15, 0.2) is 35.8 Å². The third kappa shape index (κ3) is 2.76. The molecule has 1 aromatic rings. The van der Waals surface area contributed by atoms with Crippen molar-refractivity contribution in [2.24, 2.45) is 23.7 Å². The van der Waals surface area contributed by atoms with Crippen LogP contribution in [0.25, 0.3) is 0 Å². The molecule has 4 aliphatic carbocycles. The lowest BCUT2D eigenvalue weighted by Crippen LogP contribution is -2.48. The molecule has 4 aliphatic rings. The Morgan fingerprint density at radius 1 is 0.656 bits per heavy atom. The van der Waals surface area contributed by atoms with E-state index in [-0.39, 0.29) is 69.7 Å². The molecule has 1 aromatic carbocycles. The summed E-state index contributed by atoms with van der Waals surface area (Å²) in [7, 11) is 2.79. The van der Waals surface area contributed by atoms with Gasteiger partial charge in [0.25, 0.3) is 0 Å². The van der Waals surface area contributed by atoms with Crippen LogP contribution in [0.3, 0.4) is 0 Å². The summed E-state index contributed by atoms with van der Waals surface area (Å²) in [5, 5.41) is 20.1. The van der Waals surface area contributed by atoms with E-state index >= 15 is 0 Å². The molecule has 5 rings (SSSR count). The number of allylic oxidation sites excluding steroid dienone is 2. The maximum atomic E-state index is 13.4. The quantitative estimate of drug-likeness (QED) is 0.721. The van der Waals surface area contributed by atoms with Crippen molar-refractivity contribution in [2.75, 3.05) is 14.2 Å². The van der Waals surface area contributed by atoms with Crippen molar-refractivity contribution in [1.82, 2.24) is 0 Å². The zero-order valence-electron chi connectivity index (χ0n) is 17.5. The fourth-order valence-corrected chi connectivity index (χ4v) is 5.66. The number of aliphatic hydroxyl groups excluding tert-OH is 2. The van der Waals surface area contributed by atoms with Crippen LogP contribution >= 0.6 is 0 Å². The number of rotatable bonds is 2. The van der Waals surface area contributed by atoms with Crippen molar-refractivity contribution in [3.05, 3.63) is 58.1 Å². The third-order valence-corrected chi connectivity index (χ3v) is 7.19. The number of ketones is 4. The van der Waals surface area contributed by atoms with Gasteiger partial charge < -0.3 is 19.7 Å². The molecule has 0 aliphatic heterocycles. The molecule has 0 fully saturated rings. The standard InChI is InChI=1S/C24H22O8/c1-31-17-5-9(25)3-15-19(17)23(29)13-7-12-14(8-11(13)21(15)27)24(30)20-16(22(12)28)4-10(26)6-18(20)32-2/h5-8,15-20,25-26H,3-4H2,1-2H3. The maximum absolute atomic E-state index is 13.4. The van der Waals surface area contributed by atoms with Gasteiger partial charge in [-0.2, -0.15) is 0 Å². The molecular weight excluding hydrogens is 416 g/mol. The minimum absolute atomic E-state index is 0.0129. The zero-order chi connectivity index (χ0) is 22.9. The first-order chi connectivity index (χ1) is 15.3. The van der Waals surface area contributed by atoms with E-state index in [1.54, 1.807) is 0 Å². The van der Waals surface area contributed by atoms with E-state index in [1.807, 2.05) is 0 Å². The maximum Gasteiger partial charge on any atom is 0.170 e. The van der Waals surface area contributed by atoms with Crippen molar-refractivity contribution in [3.8, 4) is 0 Å². The summed E-state index contributed by atoms with van der Waals surface area (Å²) in [6, 6.07) is 2.69. The molecule has 166 valence electrons. The smallest absolute Gasteiger partial charge is 0.170 e. The molecule has 0 bridgehead atoms. The molecule has 0 radical (unpaired) electrons. The van der Waals surface area contributed by atoms with Crippen LogP contribution in [0.5, 0.6) is 0 Å². The van der Waals surface area contributed by atoms with Gasteiger partial charge in [-0.1, -0.05) is 0 Å². The largest absolute Gasteiger partial charge is 0.513 e. The lowest BCUT2D eigenvalue weighted by molar-refractivity contribution is 0.0313. The van der Waals surface area contributed by atoms with Crippen LogP contribution in [0.1, 0.15) is 54.3 Å². The molecule has 2 N–H and O–H groups in total. The molecule has 0 heterocycles. The van der Waals surface area contributed by atoms with Gasteiger partial charge in [0.1, 0.15) is 0 Å². The Balaban J connectivity index is 1.65. The molecule has 0 aromatic heterocycles. The number of fused-ring (bicyclic) bond motifs is 4. The molecule has 6 atom stereocenters. The molecular formula is C24H22O8. The number of hydrogen-bond donors (Lipinski definition) is 2. The van der Waals surface area contributed by atoms with Crippen LogP contribution in [-0.4, -0.2) is 59.8 Å². The summed E-state index contributed by atoms with van der Waals surface area (Å²) in [5.41, 5.74) is 0.347. The van der Waals surface area contributed by atoms with Gasteiger partial charge in [-0.05, 0) is 24.3 Å². The highest BCUT2D eigenvalue weighted by Gasteiger charge is 2.51. The van der Waals surface area contributed by atoms with Crippen molar-refractivity contribution in [3.63, 3.8) is 0 Å². The first kappa shape index (κ1) is 20.8. The van der Waals surface area contributed by atoms with E-state index < -0.39 is 35.9 Å². The zero-order valence-corrected chi connectivity index (χ0v) is 17.5. The summed E-state index contributed by atoms with van der Waals surface area (Å²) < 4.78 is 10.7. The monoisotopic (exact) mass is 438 g/mol. The van der Waals surface area contributed by atoms with Gasteiger partial charge in [-0.3, -0.25) is 19.2 Å². The number of carbonyl (C=O) groups is 4. The molecule has 6 unspecified atom stereocenters. The number of methoxy groups -OCH3 is 2.